The Bertz CT molecular complexity index is 1180. The minimum atomic E-state index is -0.895. The van der Waals surface area contributed by atoms with Crippen molar-refractivity contribution >= 4 is 32.3 Å². The second-order valence-corrected chi connectivity index (χ2v) is 7.07. The van der Waals surface area contributed by atoms with Crippen molar-refractivity contribution in [2.24, 2.45) is 0 Å². The lowest BCUT2D eigenvalue weighted by molar-refractivity contribution is 0.0000759. The van der Waals surface area contributed by atoms with E-state index in [2.05, 4.69) is 48.5 Å². The molecule has 6 rings (SSSR count). The van der Waals surface area contributed by atoms with Crippen LogP contribution >= 0.6 is 0 Å². The molecule has 4 aromatic carbocycles. The maximum atomic E-state index is 10.5. The third-order valence-corrected chi connectivity index (χ3v) is 5.76. The minimum Gasteiger partial charge on any atom is -0.387 e. The van der Waals surface area contributed by atoms with Crippen LogP contribution in [0.15, 0.2) is 60.7 Å². The van der Waals surface area contributed by atoms with Gasteiger partial charge in [0.25, 0.3) is 0 Å². The Morgan fingerprint density at radius 2 is 1.12 bits per heavy atom. The Kier molecular flexibility index (Phi) is 2.53. The standard InChI is InChI=1S/C22H16O3/c23-19-17-9-15-13-7-3-1-5-11(13)12-6-2-4-8-14(12)16(15)10-18(17)21-22(25-21)20(19)24/h1-10,19-24H/t19-,20?,21+,22-/m1/s1. The lowest BCUT2D eigenvalue weighted by Gasteiger charge is -2.24. The van der Waals surface area contributed by atoms with Crippen molar-refractivity contribution in [3.05, 3.63) is 71.8 Å². The summed E-state index contributed by atoms with van der Waals surface area (Å²) in [6, 6.07) is 21.0. The Labute approximate surface area is 144 Å². The fraction of sp³-hybridized carbons (Fsp3) is 0.182. The molecule has 1 aliphatic carbocycles. The molecule has 25 heavy (non-hydrogen) atoms. The van der Waals surface area contributed by atoms with Gasteiger partial charge in [-0.05, 0) is 55.6 Å². The predicted octanol–water partition coefficient (Wildman–Crippen LogP) is 3.99. The fourth-order valence-corrected chi connectivity index (χ4v) is 4.48. The van der Waals surface area contributed by atoms with Crippen molar-refractivity contribution in [1.82, 2.24) is 0 Å². The lowest BCUT2D eigenvalue weighted by atomic mass is 9.83. The SMILES string of the molecule is OC1[C@H](O)c2cc3c4ccccc4c4ccccc4c3cc2[C@@H]2O[C@H]12. The van der Waals surface area contributed by atoms with E-state index in [1.54, 1.807) is 0 Å². The molecule has 0 bridgehead atoms. The molecule has 1 saturated heterocycles. The monoisotopic (exact) mass is 328 g/mol. The molecule has 4 aromatic rings. The minimum absolute atomic E-state index is 0.0944. The first-order chi connectivity index (χ1) is 12.2. The molecule has 4 atom stereocenters. The molecule has 0 radical (unpaired) electrons. The van der Waals surface area contributed by atoms with Crippen molar-refractivity contribution in [2.45, 2.75) is 24.4 Å². The zero-order valence-corrected chi connectivity index (χ0v) is 13.4. The van der Waals surface area contributed by atoms with Gasteiger partial charge in [-0.3, -0.25) is 0 Å². The Hall–Kier alpha value is -2.46. The van der Waals surface area contributed by atoms with Gasteiger partial charge >= 0.3 is 0 Å². The van der Waals surface area contributed by atoms with Crippen LogP contribution in [0.1, 0.15) is 23.3 Å². The van der Waals surface area contributed by atoms with E-state index in [4.69, 9.17) is 4.74 Å². The second kappa shape index (κ2) is 4.58. The van der Waals surface area contributed by atoms with Gasteiger partial charge < -0.3 is 14.9 Å². The average Bonchev–Trinajstić information content (AvgIpc) is 3.46. The van der Waals surface area contributed by atoms with Crippen LogP contribution < -0.4 is 0 Å². The van der Waals surface area contributed by atoms with Gasteiger partial charge in [0.2, 0.25) is 0 Å². The largest absolute Gasteiger partial charge is 0.387 e. The molecule has 1 heterocycles. The highest BCUT2D eigenvalue weighted by molar-refractivity contribution is 6.25. The van der Waals surface area contributed by atoms with E-state index in [1.807, 2.05) is 12.1 Å². The third kappa shape index (κ3) is 1.70. The van der Waals surface area contributed by atoms with E-state index < -0.39 is 12.2 Å². The average molecular weight is 328 g/mol. The summed E-state index contributed by atoms with van der Waals surface area (Å²) < 4.78 is 5.63. The van der Waals surface area contributed by atoms with Crippen molar-refractivity contribution in [3.8, 4) is 0 Å². The number of hydrogen-bond donors (Lipinski definition) is 2. The van der Waals surface area contributed by atoms with Gasteiger partial charge in [-0.15, -0.1) is 0 Å². The topological polar surface area (TPSA) is 53.0 Å². The first-order valence-electron chi connectivity index (χ1n) is 8.62. The van der Waals surface area contributed by atoms with Gasteiger partial charge in [-0.2, -0.15) is 0 Å². The summed E-state index contributed by atoms with van der Waals surface area (Å²) in [4.78, 5) is 0. The fourth-order valence-electron chi connectivity index (χ4n) is 4.48. The molecule has 3 heteroatoms. The highest BCUT2D eigenvalue weighted by Gasteiger charge is 2.53. The van der Waals surface area contributed by atoms with Crippen LogP contribution in [-0.4, -0.2) is 22.4 Å². The number of aliphatic hydroxyl groups excluding tert-OH is 2. The van der Waals surface area contributed by atoms with E-state index in [0.717, 1.165) is 16.5 Å². The molecule has 1 aliphatic heterocycles. The van der Waals surface area contributed by atoms with Crippen LogP contribution in [0.3, 0.4) is 0 Å². The van der Waals surface area contributed by atoms with E-state index in [1.165, 1.54) is 26.9 Å². The van der Waals surface area contributed by atoms with E-state index in [-0.39, 0.29) is 12.2 Å². The maximum absolute atomic E-state index is 10.5. The van der Waals surface area contributed by atoms with E-state index in [9.17, 15) is 10.2 Å². The summed E-state index contributed by atoms with van der Waals surface area (Å²) in [5.41, 5.74) is 1.80. The number of aliphatic hydroxyl groups is 2. The summed E-state index contributed by atoms with van der Waals surface area (Å²) in [6.07, 6.45) is -2.11. The van der Waals surface area contributed by atoms with Crippen LogP contribution in [0.2, 0.25) is 0 Å². The van der Waals surface area contributed by atoms with Crippen LogP contribution in [-0.2, 0) is 4.74 Å². The van der Waals surface area contributed by atoms with Crippen molar-refractivity contribution < 1.29 is 14.9 Å². The summed E-state index contributed by atoms with van der Waals surface area (Å²) >= 11 is 0. The molecule has 2 aliphatic rings. The highest BCUT2D eigenvalue weighted by Crippen LogP contribution is 2.52. The van der Waals surface area contributed by atoms with Crippen LogP contribution in [0, 0.1) is 0 Å². The van der Waals surface area contributed by atoms with E-state index in [0.29, 0.717) is 0 Å². The molecule has 0 amide bonds. The van der Waals surface area contributed by atoms with Gasteiger partial charge in [0, 0.05) is 0 Å². The maximum Gasteiger partial charge on any atom is 0.118 e. The number of benzene rings is 4. The summed E-state index contributed by atoms with van der Waals surface area (Å²) in [5.74, 6) is 0. The molecule has 1 fully saturated rings. The van der Waals surface area contributed by atoms with Crippen LogP contribution in [0.4, 0.5) is 0 Å². The van der Waals surface area contributed by atoms with Gasteiger partial charge in [-0.1, -0.05) is 48.5 Å². The number of rotatable bonds is 0. The normalized spacial score (nSPS) is 27.4. The molecule has 0 aromatic heterocycles. The number of ether oxygens (including phenoxy) is 1. The Morgan fingerprint density at radius 3 is 1.68 bits per heavy atom. The lowest BCUT2D eigenvalue weighted by Crippen LogP contribution is -2.28. The molecule has 1 unspecified atom stereocenters. The third-order valence-electron chi connectivity index (χ3n) is 5.76. The zero-order chi connectivity index (χ0) is 16.7. The van der Waals surface area contributed by atoms with Gasteiger partial charge in [-0.25, -0.2) is 0 Å². The van der Waals surface area contributed by atoms with Gasteiger partial charge in [0.05, 0.1) is 0 Å². The highest BCUT2D eigenvalue weighted by atomic mass is 16.6. The van der Waals surface area contributed by atoms with Crippen molar-refractivity contribution in [1.29, 1.82) is 0 Å². The smallest absolute Gasteiger partial charge is 0.118 e. The molecule has 122 valence electrons. The predicted molar refractivity (Wildman–Crippen MR) is 97.5 cm³/mol. The Balaban J connectivity index is 1.83. The number of fused-ring (bicyclic) bond motifs is 9. The first-order valence-corrected chi connectivity index (χ1v) is 8.62. The zero-order valence-electron chi connectivity index (χ0n) is 13.4. The van der Waals surface area contributed by atoms with Crippen molar-refractivity contribution in [2.75, 3.05) is 0 Å². The molecule has 0 saturated carbocycles. The molecule has 2 N–H and O–H groups in total. The van der Waals surface area contributed by atoms with Gasteiger partial charge in [0.15, 0.2) is 0 Å². The van der Waals surface area contributed by atoms with Crippen molar-refractivity contribution in [3.63, 3.8) is 0 Å². The number of hydrogen-bond acceptors (Lipinski definition) is 3. The molecular weight excluding hydrogens is 312 g/mol. The summed E-state index contributed by atoms with van der Waals surface area (Å²) in [6.45, 7) is 0. The first kappa shape index (κ1) is 13.8. The molecular formula is C22H16O3. The second-order valence-electron chi connectivity index (χ2n) is 7.07. The summed E-state index contributed by atoms with van der Waals surface area (Å²) in [7, 11) is 0. The van der Waals surface area contributed by atoms with Crippen LogP contribution in [0.25, 0.3) is 32.3 Å². The number of epoxide rings is 1. The molecule has 3 nitrogen and oxygen atoms in total. The Morgan fingerprint density at radius 1 is 0.640 bits per heavy atom. The van der Waals surface area contributed by atoms with Gasteiger partial charge in [0.1, 0.15) is 24.4 Å². The van der Waals surface area contributed by atoms with Crippen LogP contribution in [0.5, 0.6) is 0 Å². The molecule has 0 spiro atoms. The summed E-state index contributed by atoms with van der Waals surface area (Å²) in [5, 5.41) is 27.8. The van der Waals surface area contributed by atoms with E-state index >= 15 is 0 Å². The quantitative estimate of drug-likeness (QED) is 0.379.